The van der Waals surface area contributed by atoms with Crippen LogP contribution in [-0.4, -0.2) is 37.4 Å². The highest BCUT2D eigenvalue weighted by atomic mass is 32.2. The number of benzene rings is 1. The van der Waals surface area contributed by atoms with Crippen LogP contribution < -0.4 is 0 Å². The van der Waals surface area contributed by atoms with E-state index in [0.29, 0.717) is 12.8 Å². The van der Waals surface area contributed by atoms with Gasteiger partial charge in [-0.25, -0.2) is 22.6 Å². The molecule has 2 unspecified atom stereocenters. The van der Waals surface area contributed by atoms with Crippen LogP contribution in [0.5, 0.6) is 0 Å². The molecule has 7 heteroatoms. The molecule has 2 rings (SSSR count). The van der Waals surface area contributed by atoms with Gasteiger partial charge in [-0.2, -0.15) is 4.31 Å². The summed E-state index contributed by atoms with van der Waals surface area (Å²) in [4.78, 5) is 13.6. The molecule has 0 saturated carbocycles. The van der Waals surface area contributed by atoms with E-state index in [1.54, 1.807) is 6.92 Å². The Morgan fingerprint density at radius 1 is 1.40 bits per heavy atom. The number of aliphatic imine (C=N–C) groups is 1. The maximum atomic E-state index is 13.7. The second kappa shape index (κ2) is 5.83. The quantitative estimate of drug-likeness (QED) is 0.630. The van der Waals surface area contributed by atoms with Gasteiger partial charge in [0, 0.05) is 12.6 Å². The Kier molecular flexibility index (Phi) is 4.32. The second-order valence-electron chi connectivity index (χ2n) is 4.79. The predicted molar refractivity (Wildman–Crippen MR) is 70.9 cm³/mol. The fourth-order valence-electron chi connectivity index (χ4n) is 2.45. The van der Waals surface area contributed by atoms with Gasteiger partial charge in [0.2, 0.25) is 16.1 Å². The fourth-order valence-corrected chi connectivity index (χ4v) is 4.18. The van der Waals surface area contributed by atoms with Crippen molar-refractivity contribution in [1.82, 2.24) is 4.31 Å². The van der Waals surface area contributed by atoms with Gasteiger partial charge in [-0.15, -0.1) is 0 Å². The molecule has 1 aromatic rings. The average Bonchev–Trinajstić information content (AvgIpc) is 2.39. The van der Waals surface area contributed by atoms with Crippen molar-refractivity contribution in [2.24, 2.45) is 4.99 Å². The maximum absolute atomic E-state index is 13.7. The van der Waals surface area contributed by atoms with Crippen LogP contribution >= 0.6 is 0 Å². The van der Waals surface area contributed by atoms with Crippen molar-refractivity contribution < 1.29 is 17.6 Å². The zero-order valence-corrected chi connectivity index (χ0v) is 11.8. The summed E-state index contributed by atoms with van der Waals surface area (Å²) < 4.78 is 39.9. The Bertz CT molecular complexity index is 641. The van der Waals surface area contributed by atoms with Crippen molar-refractivity contribution in [3.05, 3.63) is 30.1 Å². The first kappa shape index (κ1) is 14.8. The third-order valence-corrected chi connectivity index (χ3v) is 5.49. The molecule has 0 amide bonds. The summed E-state index contributed by atoms with van der Waals surface area (Å²) >= 11 is 0. The normalized spacial score (nSPS) is 24.1. The number of halogens is 1. The van der Waals surface area contributed by atoms with Crippen LogP contribution in [0.4, 0.5) is 4.39 Å². The predicted octanol–water partition coefficient (Wildman–Crippen LogP) is 1.70. The van der Waals surface area contributed by atoms with Gasteiger partial charge < -0.3 is 0 Å². The third-order valence-electron chi connectivity index (χ3n) is 3.45. The number of rotatable bonds is 3. The van der Waals surface area contributed by atoms with E-state index in [1.807, 2.05) is 0 Å². The molecule has 0 N–H and O–H groups in total. The minimum absolute atomic E-state index is 0.213. The lowest BCUT2D eigenvalue weighted by Gasteiger charge is -2.34. The van der Waals surface area contributed by atoms with Crippen LogP contribution in [0, 0.1) is 5.82 Å². The smallest absolute Gasteiger partial charge is 0.211 e. The molecule has 20 heavy (non-hydrogen) atoms. The van der Waals surface area contributed by atoms with Gasteiger partial charge in [-0.3, -0.25) is 0 Å². The zero-order valence-electron chi connectivity index (χ0n) is 11.0. The van der Waals surface area contributed by atoms with Crippen LogP contribution in [-0.2, 0) is 14.8 Å². The lowest BCUT2D eigenvalue weighted by Crippen LogP contribution is -2.45. The summed E-state index contributed by atoms with van der Waals surface area (Å²) in [5.74, 6) is -0.757. The van der Waals surface area contributed by atoms with E-state index in [4.69, 9.17) is 0 Å². The third kappa shape index (κ3) is 2.80. The lowest BCUT2D eigenvalue weighted by atomic mass is 10.0. The average molecular weight is 298 g/mol. The largest absolute Gasteiger partial charge is 0.246 e. The van der Waals surface area contributed by atoms with E-state index in [1.165, 1.54) is 28.6 Å². The molecule has 5 nitrogen and oxygen atoms in total. The van der Waals surface area contributed by atoms with Crippen LogP contribution in [0.15, 0.2) is 34.2 Å². The first-order chi connectivity index (χ1) is 9.46. The van der Waals surface area contributed by atoms with E-state index >= 15 is 0 Å². The number of isocyanates is 1. The van der Waals surface area contributed by atoms with Crippen LogP contribution in [0.25, 0.3) is 0 Å². The van der Waals surface area contributed by atoms with Crippen molar-refractivity contribution in [1.29, 1.82) is 0 Å². The molecule has 1 fully saturated rings. The molecule has 0 aromatic heterocycles. The van der Waals surface area contributed by atoms with Crippen molar-refractivity contribution in [3.8, 4) is 0 Å². The number of hydrogen-bond donors (Lipinski definition) is 0. The highest BCUT2D eigenvalue weighted by molar-refractivity contribution is 7.89. The maximum Gasteiger partial charge on any atom is 0.246 e. The number of piperidine rings is 1. The summed E-state index contributed by atoms with van der Waals surface area (Å²) in [6, 6.07) is 4.77. The molecule has 0 radical (unpaired) electrons. The van der Waals surface area contributed by atoms with Crippen molar-refractivity contribution >= 4 is 16.1 Å². The van der Waals surface area contributed by atoms with Crippen LogP contribution in [0.3, 0.4) is 0 Å². The number of nitrogens with zero attached hydrogens (tertiary/aromatic N) is 2. The van der Waals surface area contributed by atoms with Crippen molar-refractivity contribution in [3.63, 3.8) is 0 Å². The summed E-state index contributed by atoms with van der Waals surface area (Å²) in [5, 5.41) is 0. The van der Waals surface area contributed by atoms with Crippen LogP contribution in [0.2, 0.25) is 0 Å². The highest BCUT2D eigenvalue weighted by Gasteiger charge is 2.35. The Labute approximate surface area is 117 Å². The van der Waals surface area contributed by atoms with Crippen molar-refractivity contribution in [2.75, 3.05) is 6.54 Å². The molecular formula is C13H15FN2O3S. The summed E-state index contributed by atoms with van der Waals surface area (Å²) in [6.07, 6.45) is 2.37. The summed E-state index contributed by atoms with van der Waals surface area (Å²) in [5.41, 5.74) is 0. The van der Waals surface area contributed by atoms with E-state index in [2.05, 4.69) is 4.99 Å². The summed E-state index contributed by atoms with van der Waals surface area (Å²) in [7, 11) is -3.86. The number of sulfonamides is 1. The Morgan fingerprint density at radius 3 is 2.70 bits per heavy atom. The SMILES string of the molecule is CC1CC(N=C=O)CCN1S(=O)(=O)c1ccccc1F. The van der Waals surface area contributed by atoms with Gasteiger partial charge in [-0.05, 0) is 31.9 Å². The topological polar surface area (TPSA) is 66.8 Å². The molecule has 0 bridgehead atoms. The molecule has 2 atom stereocenters. The highest BCUT2D eigenvalue weighted by Crippen LogP contribution is 2.27. The standard InChI is InChI=1S/C13H15FN2O3S/c1-10-8-11(15-9-17)6-7-16(10)20(18,19)13-5-3-2-4-12(13)14/h2-5,10-11H,6-8H2,1H3. The number of carbonyl (C=O) groups excluding carboxylic acids is 1. The first-order valence-electron chi connectivity index (χ1n) is 6.30. The Balaban J connectivity index is 2.28. The lowest BCUT2D eigenvalue weighted by molar-refractivity contribution is 0.247. The van der Waals surface area contributed by atoms with Gasteiger partial charge >= 0.3 is 0 Å². The monoisotopic (exact) mass is 298 g/mol. The zero-order chi connectivity index (χ0) is 14.8. The van der Waals surface area contributed by atoms with Crippen molar-refractivity contribution in [2.45, 2.75) is 36.7 Å². The molecular weight excluding hydrogens is 283 g/mol. The van der Waals surface area contributed by atoms with E-state index < -0.39 is 15.8 Å². The first-order valence-corrected chi connectivity index (χ1v) is 7.74. The van der Waals surface area contributed by atoms with Gasteiger partial charge in [0.25, 0.3) is 0 Å². The van der Waals surface area contributed by atoms with Gasteiger partial charge in [0.1, 0.15) is 10.7 Å². The van der Waals surface area contributed by atoms with Gasteiger partial charge in [-0.1, -0.05) is 12.1 Å². The minimum atomic E-state index is -3.86. The van der Waals surface area contributed by atoms with E-state index in [-0.39, 0.29) is 23.5 Å². The van der Waals surface area contributed by atoms with E-state index in [9.17, 15) is 17.6 Å². The van der Waals surface area contributed by atoms with E-state index in [0.717, 1.165) is 6.07 Å². The second-order valence-corrected chi connectivity index (χ2v) is 6.65. The fraction of sp³-hybridized carbons (Fsp3) is 0.462. The van der Waals surface area contributed by atoms with Crippen LogP contribution in [0.1, 0.15) is 19.8 Å². The minimum Gasteiger partial charge on any atom is -0.211 e. The molecule has 1 heterocycles. The molecule has 108 valence electrons. The molecule has 1 aliphatic rings. The van der Waals surface area contributed by atoms with Gasteiger partial charge in [0.15, 0.2) is 0 Å². The molecule has 1 aliphatic heterocycles. The summed E-state index contributed by atoms with van der Waals surface area (Å²) in [6.45, 7) is 1.94. The number of hydrogen-bond acceptors (Lipinski definition) is 4. The molecule has 1 aromatic carbocycles. The molecule has 0 spiro atoms. The Hall–Kier alpha value is -1.56. The van der Waals surface area contributed by atoms with Gasteiger partial charge in [0.05, 0.1) is 6.04 Å². The molecule has 0 aliphatic carbocycles. The molecule has 1 saturated heterocycles. The Morgan fingerprint density at radius 2 is 2.10 bits per heavy atom.